The molecule has 0 radical (unpaired) electrons. The number of anilines is 3. The van der Waals surface area contributed by atoms with Crippen LogP contribution in [0.1, 0.15) is 33.4 Å². The summed E-state index contributed by atoms with van der Waals surface area (Å²) in [6.45, 7) is 11.5. The van der Waals surface area contributed by atoms with Gasteiger partial charge in [-0.25, -0.2) is 0 Å². The molecule has 180 valence electrons. The Bertz CT molecular complexity index is 1370. The van der Waals surface area contributed by atoms with Crippen LogP contribution in [0.3, 0.4) is 0 Å². The van der Waals surface area contributed by atoms with Crippen molar-refractivity contribution >= 4 is 17.1 Å². The normalized spacial score (nSPS) is 10.9. The van der Waals surface area contributed by atoms with Crippen LogP contribution in [0.15, 0.2) is 60.7 Å². The van der Waals surface area contributed by atoms with Gasteiger partial charge in [-0.1, -0.05) is 30.3 Å². The Labute approximate surface area is 206 Å². The highest BCUT2D eigenvalue weighted by atomic mass is 16.5. The van der Waals surface area contributed by atoms with Crippen LogP contribution < -0.4 is 9.64 Å². The summed E-state index contributed by atoms with van der Waals surface area (Å²) in [6.07, 6.45) is 0. The number of benzene rings is 4. The molecule has 4 aromatic carbocycles. The Balaban J connectivity index is 1.94. The molecule has 0 fully saturated rings. The maximum Gasteiger partial charge on any atom is 0.172 e. The minimum absolute atomic E-state index is 0.117. The van der Waals surface area contributed by atoms with Gasteiger partial charge in [0.2, 0.25) is 0 Å². The van der Waals surface area contributed by atoms with Crippen molar-refractivity contribution in [1.82, 2.24) is 0 Å². The number of ether oxygens (including phenoxy) is 1. The topological polar surface area (TPSA) is 73.2 Å². The van der Waals surface area contributed by atoms with E-state index in [0.29, 0.717) is 11.5 Å². The molecule has 0 aliphatic heterocycles. The zero-order valence-corrected chi connectivity index (χ0v) is 21.0. The number of nitrogens with zero attached hydrogens (tertiary/aromatic N) is 1. The molecule has 5 nitrogen and oxygen atoms in total. The number of rotatable bonds is 5. The SMILES string of the molecule is Cc1ccc(C)c(Oc2cccc(N(c3c(C)ccc(O)c3C)c3c(C)ccc(O)c3C)c2)c1O. The number of hydrogen-bond acceptors (Lipinski definition) is 5. The lowest BCUT2D eigenvalue weighted by molar-refractivity contribution is 0.406. The molecule has 0 aliphatic rings. The molecule has 0 saturated carbocycles. The second kappa shape index (κ2) is 9.26. The van der Waals surface area contributed by atoms with Crippen LogP contribution in [0.25, 0.3) is 0 Å². The smallest absolute Gasteiger partial charge is 0.172 e. The molecule has 5 heteroatoms. The summed E-state index contributed by atoms with van der Waals surface area (Å²) in [5.74, 6) is 1.48. The van der Waals surface area contributed by atoms with Gasteiger partial charge >= 0.3 is 0 Å². The second-order valence-corrected chi connectivity index (χ2v) is 9.06. The van der Waals surface area contributed by atoms with E-state index in [2.05, 4.69) is 0 Å². The van der Waals surface area contributed by atoms with Crippen molar-refractivity contribution in [2.24, 2.45) is 0 Å². The first-order valence-corrected chi connectivity index (χ1v) is 11.6. The van der Waals surface area contributed by atoms with Crippen LogP contribution in [-0.4, -0.2) is 15.3 Å². The van der Waals surface area contributed by atoms with Gasteiger partial charge in [-0.15, -0.1) is 0 Å². The third kappa shape index (κ3) is 4.37. The van der Waals surface area contributed by atoms with E-state index in [4.69, 9.17) is 4.74 Å². The highest BCUT2D eigenvalue weighted by Crippen LogP contribution is 2.46. The van der Waals surface area contributed by atoms with Crippen LogP contribution >= 0.6 is 0 Å². The minimum Gasteiger partial charge on any atom is -0.508 e. The first kappa shape index (κ1) is 24.0. The average Bonchev–Trinajstić information content (AvgIpc) is 2.83. The Morgan fingerprint density at radius 1 is 0.600 bits per heavy atom. The van der Waals surface area contributed by atoms with E-state index >= 15 is 0 Å². The lowest BCUT2D eigenvalue weighted by atomic mass is 10.0. The van der Waals surface area contributed by atoms with Crippen molar-refractivity contribution in [2.45, 2.75) is 41.5 Å². The molecular formula is C30H31NO4. The zero-order valence-electron chi connectivity index (χ0n) is 21.0. The molecule has 0 atom stereocenters. The molecule has 0 unspecified atom stereocenters. The van der Waals surface area contributed by atoms with Gasteiger partial charge in [0, 0.05) is 22.9 Å². The Kier molecular flexibility index (Phi) is 6.35. The third-order valence-corrected chi connectivity index (χ3v) is 6.48. The monoisotopic (exact) mass is 469 g/mol. The van der Waals surface area contributed by atoms with E-state index in [0.717, 1.165) is 50.4 Å². The van der Waals surface area contributed by atoms with Gasteiger partial charge in [0.15, 0.2) is 11.5 Å². The summed E-state index contributed by atoms with van der Waals surface area (Å²) in [5, 5.41) is 31.7. The summed E-state index contributed by atoms with van der Waals surface area (Å²) in [5.41, 5.74) is 7.41. The highest BCUT2D eigenvalue weighted by molar-refractivity contribution is 5.85. The molecule has 0 aromatic heterocycles. The molecule has 35 heavy (non-hydrogen) atoms. The summed E-state index contributed by atoms with van der Waals surface area (Å²) >= 11 is 0. The van der Waals surface area contributed by atoms with Crippen molar-refractivity contribution in [1.29, 1.82) is 0 Å². The van der Waals surface area contributed by atoms with Crippen molar-refractivity contribution < 1.29 is 20.1 Å². The summed E-state index contributed by atoms with van der Waals surface area (Å²) in [4.78, 5) is 2.05. The fraction of sp³-hybridized carbons (Fsp3) is 0.200. The molecule has 0 heterocycles. The fourth-order valence-electron chi connectivity index (χ4n) is 4.41. The van der Waals surface area contributed by atoms with Crippen LogP contribution in [-0.2, 0) is 0 Å². The van der Waals surface area contributed by atoms with E-state index in [1.165, 1.54) is 0 Å². The van der Waals surface area contributed by atoms with Gasteiger partial charge in [0.05, 0.1) is 11.4 Å². The van der Waals surface area contributed by atoms with Gasteiger partial charge in [0.1, 0.15) is 17.2 Å². The standard InChI is InChI=1S/C30H31NO4/c1-17-12-14-25(32)21(5)27(17)31(28-18(2)13-15-26(33)22(28)6)23-8-7-9-24(16-23)35-30-20(4)11-10-19(3)29(30)34/h7-16,32-34H,1-6H3. The summed E-state index contributed by atoms with van der Waals surface area (Å²) in [6, 6.07) is 18.5. The van der Waals surface area contributed by atoms with E-state index in [9.17, 15) is 15.3 Å². The first-order chi connectivity index (χ1) is 16.6. The predicted octanol–water partition coefficient (Wildman–Crippen LogP) is 7.92. The van der Waals surface area contributed by atoms with E-state index in [-0.39, 0.29) is 17.2 Å². The molecule has 4 aromatic rings. The minimum atomic E-state index is 0.117. The summed E-state index contributed by atoms with van der Waals surface area (Å²) in [7, 11) is 0. The largest absolute Gasteiger partial charge is 0.508 e. The fourth-order valence-corrected chi connectivity index (χ4v) is 4.41. The molecule has 4 rings (SSSR count). The maximum absolute atomic E-state index is 10.6. The molecule has 0 spiro atoms. The van der Waals surface area contributed by atoms with Crippen LogP contribution in [0.4, 0.5) is 17.1 Å². The van der Waals surface area contributed by atoms with Gasteiger partial charge in [-0.05, 0) is 88.1 Å². The predicted molar refractivity (Wildman–Crippen MR) is 141 cm³/mol. The lowest BCUT2D eigenvalue weighted by Crippen LogP contribution is -2.15. The molecular weight excluding hydrogens is 438 g/mol. The number of hydrogen-bond donors (Lipinski definition) is 3. The van der Waals surface area contributed by atoms with Crippen molar-refractivity contribution in [3.63, 3.8) is 0 Å². The van der Waals surface area contributed by atoms with Crippen LogP contribution in [0, 0.1) is 41.5 Å². The Hall–Kier alpha value is -4.12. The van der Waals surface area contributed by atoms with E-state index in [1.807, 2.05) is 95.0 Å². The average molecular weight is 470 g/mol. The number of phenolic OH excluding ortho intramolecular Hbond substituents is 3. The lowest BCUT2D eigenvalue weighted by Gasteiger charge is -2.32. The van der Waals surface area contributed by atoms with E-state index < -0.39 is 0 Å². The first-order valence-electron chi connectivity index (χ1n) is 11.6. The highest BCUT2D eigenvalue weighted by Gasteiger charge is 2.23. The maximum atomic E-state index is 10.6. The van der Waals surface area contributed by atoms with Gasteiger partial charge in [-0.3, -0.25) is 0 Å². The van der Waals surface area contributed by atoms with Crippen molar-refractivity contribution in [3.8, 4) is 28.7 Å². The quantitative estimate of drug-likeness (QED) is 0.277. The second-order valence-electron chi connectivity index (χ2n) is 9.06. The molecule has 0 amide bonds. The van der Waals surface area contributed by atoms with Crippen LogP contribution in [0.2, 0.25) is 0 Å². The van der Waals surface area contributed by atoms with Gasteiger partial charge in [0.25, 0.3) is 0 Å². The third-order valence-electron chi connectivity index (χ3n) is 6.48. The molecule has 0 aliphatic carbocycles. The van der Waals surface area contributed by atoms with Crippen molar-refractivity contribution in [3.05, 3.63) is 94.0 Å². The Morgan fingerprint density at radius 2 is 1.11 bits per heavy atom. The van der Waals surface area contributed by atoms with E-state index in [1.54, 1.807) is 12.1 Å². The molecule has 0 bridgehead atoms. The Morgan fingerprint density at radius 3 is 1.69 bits per heavy atom. The van der Waals surface area contributed by atoms with Crippen LogP contribution in [0.5, 0.6) is 28.7 Å². The molecule has 3 N–H and O–H groups in total. The zero-order chi connectivity index (χ0) is 25.4. The van der Waals surface area contributed by atoms with Crippen molar-refractivity contribution in [2.75, 3.05) is 4.90 Å². The van der Waals surface area contributed by atoms with Gasteiger partial charge in [-0.2, -0.15) is 0 Å². The van der Waals surface area contributed by atoms with Gasteiger partial charge < -0.3 is 25.0 Å². The number of aromatic hydroxyl groups is 3. The molecule has 0 saturated heterocycles. The number of aryl methyl sites for hydroxylation is 4. The summed E-state index contributed by atoms with van der Waals surface area (Å²) < 4.78 is 6.18. The number of phenols is 3.